The SMILES string of the molecule is Cc1ccc(NC(=O)Cn2c(C)csc2=O)c(OCC(F)(F)F)c1. The lowest BCUT2D eigenvalue weighted by Crippen LogP contribution is -2.25. The Kier molecular flexibility index (Phi) is 5.33. The fraction of sp³-hybridized carbons (Fsp3) is 0.333. The fourth-order valence-corrected chi connectivity index (χ4v) is 2.68. The van der Waals surface area contributed by atoms with Crippen LogP contribution in [0.4, 0.5) is 18.9 Å². The Hall–Kier alpha value is -2.29. The average molecular weight is 360 g/mol. The van der Waals surface area contributed by atoms with Crippen molar-refractivity contribution in [1.29, 1.82) is 0 Å². The summed E-state index contributed by atoms with van der Waals surface area (Å²) in [4.78, 5) is 23.4. The van der Waals surface area contributed by atoms with E-state index >= 15 is 0 Å². The van der Waals surface area contributed by atoms with Crippen molar-refractivity contribution in [3.05, 3.63) is 44.5 Å². The van der Waals surface area contributed by atoms with Crippen molar-refractivity contribution in [2.75, 3.05) is 11.9 Å². The van der Waals surface area contributed by atoms with Crippen molar-refractivity contribution in [3.8, 4) is 5.75 Å². The summed E-state index contributed by atoms with van der Waals surface area (Å²) < 4.78 is 43.0. The van der Waals surface area contributed by atoms with E-state index in [2.05, 4.69) is 5.32 Å². The van der Waals surface area contributed by atoms with Gasteiger partial charge in [0.1, 0.15) is 12.3 Å². The molecule has 24 heavy (non-hydrogen) atoms. The van der Waals surface area contributed by atoms with Gasteiger partial charge in [0.2, 0.25) is 5.91 Å². The smallest absolute Gasteiger partial charge is 0.422 e. The second-order valence-corrected chi connectivity index (χ2v) is 6.00. The predicted octanol–water partition coefficient (Wildman–Crippen LogP) is 3.11. The lowest BCUT2D eigenvalue weighted by molar-refractivity contribution is -0.153. The number of alkyl halides is 3. The summed E-state index contributed by atoms with van der Waals surface area (Å²) in [6.07, 6.45) is -4.48. The van der Waals surface area contributed by atoms with Crippen molar-refractivity contribution in [1.82, 2.24) is 4.57 Å². The van der Waals surface area contributed by atoms with E-state index in [9.17, 15) is 22.8 Å². The molecule has 1 N–H and O–H groups in total. The van der Waals surface area contributed by atoms with Crippen LogP contribution in [0.2, 0.25) is 0 Å². The van der Waals surface area contributed by atoms with Crippen molar-refractivity contribution >= 4 is 22.9 Å². The van der Waals surface area contributed by atoms with Gasteiger partial charge in [-0.2, -0.15) is 13.2 Å². The maximum absolute atomic E-state index is 12.3. The minimum atomic E-state index is -4.48. The first-order valence-electron chi connectivity index (χ1n) is 6.91. The number of carbonyl (C=O) groups excluding carboxylic acids is 1. The number of halogens is 3. The van der Waals surface area contributed by atoms with Crippen LogP contribution in [0.25, 0.3) is 0 Å². The monoisotopic (exact) mass is 360 g/mol. The van der Waals surface area contributed by atoms with Crippen molar-refractivity contribution < 1.29 is 22.7 Å². The van der Waals surface area contributed by atoms with Crippen LogP contribution in [-0.2, 0) is 11.3 Å². The van der Waals surface area contributed by atoms with Gasteiger partial charge in [-0.1, -0.05) is 17.4 Å². The Balaban J connectivity index is 2.13. The van der Waals surface area contributed by atoms with Gasteiger partial charge in [0, 0.05) is 11.1 Å². The topological polar surface area (TPSA) is 60.3 Å². The number of rotatable bonds is 5. The second kappa shape index (κ2) is 7.08. The predicted molar refractivity (Wildman–Crippen MR) is 84.7 cm³/mol. The first kappa shape index (κ1) is 18.1. The molecule has 0 saturated carbocycles. The zero-order chi connectivity index (χ0) is 17.9. The van der Waals surface area contributed by atoms with Gasteiger partial charge in [0.25, 0.3) is 0 Å². The van der Waals surface area contributed by atoms with E-state index in [1.807, 2.05) is 0 Å². The number of thiazole rings is 1. The van der Waals surface area contributed by atoms with Crippen molar-refractivity contribution in [3.63, 3.8) is 0 Å². The van der Waals surface area contributed by atoms with Gasteiger partial charge in [0.05, 0.1) is 5.69 Å². The molecular weight excluding hydrogens is 345 g/mol. The molecule has 0 aliphatic heterocycles. The first-order valence-corrected chi connectivity index (χ1v) is 7.78. The highest BCUT2D eigenvalue weighted by atomic mass is 32.1. The number of amides is 1. The molecule has 2 rings (SSSR count). The summed E-state index contributed by atoms with van der Waals surface area (Å²) in [7, 11) is 0. The molecule has 1 aromatic heterocycles. The quantitative estimate of drug-likeness (QED) is 0.891. The summed E-state index contributed by atoms with van der Waals surface area (Å²) in [5.74, 6) is -0.602. The number of anilines is 1. The third-order valence-electron chi connectivity index (χ3n) is 3.08. The number of hydrogen-bond acceptors (Lipinski definition) is 4. The van der Waals surface area contributed by atoms with E-state index in [1.165, 1.54) is 16.7 Å². The number of carbonyl (C=O) groups is 1. The Morgan fingerprint density at radius 2 is 2.04 bits per heavy atom. The Morgan fingerprint density at radius 1 is 1.33 bits per heavy atom. The van der Waals surface area contributed by atoms with Crippen LogP contribution in [0, 0.1) is 13.8 Å². The highest BCUT2D eigenvalue weighted by molar-refractivity contribution is 7.07. The van der Waals surface area contributed by atoms with Crippen LogP contribution in [0.1, 0.15) is 11.3 Å². The molecule has 1 amide bonds. The summed E-state index contributed by atoms with van der Waals surface area (Å²) in [5.41, 5.74) is 1.45. The van der Waals surface area contributed by atoms with Crippen LogP contribution >= 0.6 is 11.3 Å². The maximum atomic E-state index is 12.3. The molecular formula is C15H15F3N2O3S. The van der Waals surface area contributed by atoms with Gasteiger partial charge >= 0.3 is 11.0 Å². The van der Waals surface area contributed by atoms with Crippen LogP contribution < -0.4 is 14.9 Å². The first-order chi connectivity index (χ1) is 11.2. The van der Waals surface area contributed by atoms with E-state index in [0.717, 1.165) is 11.3 Å². The molecule has 5 nitrogen and oxygen atoms in total. The minimum Gasteiger partial charge on any atom is -0.482 e. The third kappa shape index (κ3) is 4.85. The molecule has 2 aromatic rings. The second-order valence-electron chi connectivity index (χ2n) is 5.18. The largest absolute Gasteiger partial charge is 0.482 e. The van der Waals surface area contributed by atoms with Crippen LogP contribution in [-0.4, -0.2) is 23.3 Å². The fourth-order valence-electron chi connectivity index (χ4n) is 1.94. The number of benzene rings is 1. The maximum Gasteiger partial charge on any atom is 0.422 e. The molecule has 0 spiro atoms. The molecule has 0 aliphatic rings. The average Bonchev–Trinajstić information content (AvgIpc) is 2.78. The zero-order valence-electron chi connectivity index (χ0n) is 12.9. The third-order valence-corrected chi connectivity index (χ3v) is 3.96. The number of nitrogens with zero attached hydrogens (tertiary/aromatic N) is 1. The van der Waals surface area contributed by atoms with Gasteiger partial charge in [-0.05, 0) is 31.5 Å². The molecule has 0 atom stereocenters. The van der Waals surface area contributed by atoms with Crippen molar-refractivity contribution in [2.24, 2.45) is 0 Å². The van der Waals surface area contributed by atoms with E-state index in [1.54, 1.807) is 25.3 Å². The molecule has 0 fully saturated rings. The number of aryl methyl sites for hydroxylation is 2. The van der Waals surface area contributed by atoms with Crippen molar-refractivity contribution in [2.45, 2.75) is 26.6 Å². The van der Waals surface area contributed by atoms with Crippen LogP contribution in [0.15, 0.2) is 28.4 Å². The Morgan fingerprint density at radius 3 is 2.62 bits per heavy atom. The number of nitrogens with one attached hydrogen (secondary N) is 1. The zero-order valence-corrected chi connectivity index (χ0v) is 13.8. The van der Waals surface area contributed by atoms with Gasteiger partial charge in [-0.15, -0.1) is 0 Å². The van der Waals surface area contributed by atoms with E-state index in [-0.39, 0.29) is 22.9 Å². The lowest BCUT2D eigenvalue weighted by Gasteiger charge is -2.15. The molecule has 130 valence electrons. The Bertz CT molecular complexity index is 796. The summed E-state index contributed by atoms with van der Waals surface area (Å²) in [6, 6.07) is 4.50. The van der Waals surface area contributed by atoms with Gasteiger partial charge in [0.15, 0.2) is 6.61 Å². The summed E-state index contributed by atoms with van der Waals surface area (Å²) >= 11 is 0.973. The van der Waals surface area contributed by atoms with Crippen LogP contribution in [0.5, 0.6) is 5.75 Å². The summed E-state index contributed by atoms with van der Waals surface area (Å²) in [5, 5.41) is 4.10. The summed E-state index contributed by atoms with van der Waals surface area (Å²) in [6.45, 7) is 1.71. The molecule has 0 bridgehead atoms. The molecule has 0 radical (unpaired) electrons. The van der Waals surface area contributed by atoms with Gasteiger partial charge < -0.3 is 10.1 Å². The molecule has 0 saturated heterocycles. The number of ether oxygens (including phenoxy) is 1. The lowest BCUT2D eigenvalue weighted by atomic mass is 10.2. The van der Waals surface area contributed by atoms with E-state index in [4.69, 9.17) is 4.74 Å². The van der Waals surface area contributed by atoms with Gasteiger partial charge in [-0.25, -0.2) is 0 Å². The minimum absolute atomic E-state index is 0.0740. The molecule has 0 aliphatic carbocycles. The number of aromatic nitrogens is 1. The highest BCUT2D eigenvalue weighted by Gasteiger charge is 2.29. The normalized spacial score (nSPS) is 11.4. The van der Waals surface area contributed by atoms with Gasteiger partial charge in [-0.3, -0.25) is 14.2 Å². The molecule has 1 aromatic carbocycles. The van der Waals surface area contributed by atoms with E-state index in [0.29, 0.717) is 11.3 Å². The standard InChI is InChI=1S/C15H15F3N2O3S/c1-9-3-4-11(12(5-9)23-8-15(16,17)18)19-13(21)6-20-10(2)7-24-14(20)22/h3-5,7H,6,8H2,1-2H3,(H,19,21). The highest BCUT2D eigenvalue weighted by Crippen LogP contribution is 2.28. The van der Waals surface area contributed by atoms with E-state index < -0.39 is 18.7 Å². The Labute approximate surface area is 139 Å². The molecule has 1 heterocycles. The molecule has 0 unspecified atom stereocenters. The number of hydrogen-bond donors (Lipinski definition) is 1. The molecule has 9 heteroatoms. The van der Waals surface area contributed by atoms with Crippen LogP contribution in [0.3, 0.4) is 0 Å².